The van der Waals surface area contributed by atoms with Crippen molar-refractivity contribution in [3.8, 4) is 17.0 Å². The summed E-state index contributed by atoms with van der Waals surface area (Å²) in [5.41, 5.74) is 1.27. The van der Waals surface area contributed by atoms with Crippen LogP contribution in [0.3, 0.4) is 0 Å². The van der Waals surface area contributed by atoms with Gasteiger partial charge in [-0.1, -0.05) is 5.16 Å². The van der Waals surface area contributed by atoms with Crippen LogP contribution < -0.4 is 4.74 Å². The molecule has 0 spiro atoms. The van der Waals surface area contributed by atoms with Gasteiger partial charge in [-0.05, 0) is 18.2 Å². The van der Waals surface area contributed by atoms with Gasteiger partial charge in [0.05, 0.1) is 7.11 Å². The molecule has 0 aliphatic rings. The summed E-state index contributed by atoms with van der Waals surface area (Å²) in [4.78, 5) is 0. The monoisotopic (exact) mass is 193 g/mol. The van der Waals surface area contributed by atoms with Gasteiger partial charge in [0, 0.05) is 11.6 Å². The predicted octanol–water partition coefficient (Wildman–Crippen LogP) is 2.49. The predicted molar refractivity (Wildman–Crippen MR) is 48.4 cm³/mol. The molecule has 14 heavy (non-hydrogen) atoms. The Morgan fingerprint density at radius 1 is 1.36 bits per heavy atom. The van der Waals surface area contributed by atoms with E-state index in [2.05, 4.69) is 9.68 Å². The van der Waals surface area contributed by atoms with Crippen molar-refractivity contribution in [1.82, 2.24) is 5.16 Å². The van der Waals surface area contributed by atoms with E-state index in [9.17, 15) is 4.39 Å². The lowest BCUT2D eigenvalue weighted by molar-refractivity contribution is 0.386. The Morgan fingerprint density at radius 2 is 2.21 bits per heavy atom. The van der Waals surface area contributed by atoms with Crippen LogP contribution in [0.15, 0.2) is 35.1 Å². The molecule has 0 atom stereocenters. The van der Waals surface area contributed by atoms with Crippen molar-refractivity contribution < 1.29 is 13.7 Å². The normalized spacial score (nSPS) is 10.1. The highest BCUT2D eigenvalue weighted by molar-refractivity contribution is 5.59. The molecule has 0 bridgehead atoms. The van der Waals surface area contributed by atoms with Gasteiger partial charge in [0.25, 0.3) is 0 Å². The first-order chi connectivity index (χ1) is 6.81. The molecule has 0 unspecified atom stereocenters. The van der Waals surface area contributed by atoms with Gasteiger partial charge in [-0.15, -0.1) is 0 Å². The third kappa shape index (κ3) is 1.46. The summed E-state index contributed by atoms with van der Waals surface area (Å²) in [5, 5.41) is 3.70. The Labute approximate surface area is 80.1 Å². The zero-order valence-corrected chi connectivity index (χ0v) is 7.53. The largest absolute Gasteiger partial charge is 0.494 e. The quantitative estimate of drug-likeness (QED) is 0.734. The second-order valence-corrected chi connectivity index (χ2v) is 2.73. The lowest BCUT2D eigenvalue weighted by atomic mass is 10.1. The second-order valence-electron chi connectivity index (χ2n) is 2.73. The van der Waals surface area contributed by atoms with Crippen molar-refractivity contribution >= 4 is 0 Å². The van der Waals surface area contributed by atoms with E-state index in [1.54, 1.807) is 18.2 Å². The summed E-state index contributed by atoms with van der Waals surface area (Å²) in [5.74, 6) is -0.190. The maximum atomic E-state index is 13.3. The Kier molecular flexibility index (Phi) is 2.18. The topological polar surface area (TPSA) is 35.3 Å². The minimum absolute atomic E-state index is 0.220. The van der Waals surface area contributed by atoms with Crippen molar-refractivity contribution in [2.45, 2.75) is 0 Å². The summed E-state index contributed by atoms with van der Waals surface area (Å²) < 4.78 is 22.7. The van der Waals surface area contributed by atoms with Crippen LogP contribution in [0.2, 0.25) is 0 Å². The van der Waals surface area contributed by atoms with E-state index in [1.807, 2.05) is 0 Å². The van der Waals surface area contributed by atoms with E-state index in [0.29, 0.717) is 11.3 Å². The van der Waals surface area contributed by atoms with Gasteiger partial charge < -0.3 is 9.26 Å². The molecule has 1 aromatic heterocycles. The molecule has 0 radical (unpaired) electrons. The number of benzene rings is 1. The molecule has 2 aromatic rings. The average molecular weight is 193 g/mol. The van der Waals surface area contributed by atoms with Crippen LogP contribution in [-0.4, -0.2) is 12.3 Å². The molecule has 0 fully saturated rings. The van der Waals surface area contributed by atoms with E-state index in [-0.39, 0.29) is 5.75 Å². The van der Waals surface area contributed by atoms with Crippen LogP contribution in [0.4, 0.5) is 4.39 Å². The van der Waals surface area contributed by atoms with Gasteiger partial charge in [-0.2, -0.15) is 0 Å². The molecule has 0 amide bonds. The molecule has 1 aromatic carbocycles. The fourth-order valence-electron chi connectivity index (χ4n) is 1.19. The molecule has 0 aliphatic carbocycles. The number of ether oxygens (including phenoxy) is 1. The molecule has 3 nitrogen and oxygen atoms in total. The van der Waals surface area contributed by atoms with Crippen molar-refractivity contribution in [3.63, 3.8) is 0 Å². The van der Waals surface area contributed by atoms with E-state index >= 15 is 0 Å². The first-order valence-corrected chi connectivity index (χ1v) is 4.05. The SMILES string of the molecule is COc1ccc(-c2ccon2)cc1F. The molecule has 72 valence electrons. The zero-order chi connectivity index (χ0) is 9.97. The summed E-state index contributed by atoms with van der Waals surface area (Å²) in [6.07, 6.45) is 1.44. The lowest BCUT2D eigenvalue weighted by Gasteiger charge is -2.02. The van der Waals surface area contributed by atoms with Crippen molar-refractivity contribution in [1.29, 1.82) is 0 Å². The number of methoxy groups -OCH3 is 1. The molecule has 2 rings (SSSR count). The van der Waals surface area contributed by atoms with Crippen molar-refractivity contribution in [3.05, 3.63) is 36.3 Å². The third-order valence-electron chi connectivity index (χ3n) is 1.89. The number of rotatable bonds is 2. The van der Waals surface area contributed by atoms with Gasteiger partial charge in [0.15, 0.2) is 11.6 Å². The van der Waals surface area contributed by atoms with Crippen LogP contribution in [0.1, 0.15) is 0 Å². The standard InChI is InChI=1S/C10H8FNO2/c1-13-10-3-2-7(6-8(10)11)9-4-5-14-12-9/h2-6H,1H3. The average Bonchev–Trinajstić information content (AvgIpc) is 2.70. The van der Waals surface area contributed by atoms with Crippen LogP contribution in [0.25, 0.3) is 11.3 Å². The first-order valence-electron chi connectivity index (χ1n) is 4.05. The Bertz CT molecular complexity index is 426. The van der Waals surface area contributed by atoms with Crippen LogP contribution in [0.5, 0.6) is 5.75 Å². The molecule has 0 saturated heterocycles. The number of aromatic nitrogens is 1. The van der Waals surface area contributed by atoms with Crippen LogP contribution >= 0.6 is 0 Å². The summed E-state index contributed by atoms with van der Waals surface area (Å²) in [6.45, 7) is 0. The van der Waals surface area contributed by atoms with Gasteiger partial charge in [0.1, 0.15) is 12.0 Å². The van der Waals surface area contributed by atoms with E-state index in [0.717, 1.165) is 0 Å². The van der Waals surface area contributed by atoms with Crippen molar-refractivity contribution in [2.24, 2.45) is 0 Å². The smallest absolute Gasteiger partial charge is 0.165 e. The molecular formula is C10H8FNO2. The highest BCUT2D eigenvalue weighted by Gasteiger charge is 2.06. The number of hydrogen-bond donors (Lipinski definition) is 0. The molecule has 0 aliphatic heterocycles. The lowest BCUT2D eigenvalue weighted by Crippen LogP contribution is -1.88. The van der Waals surface area contributed by atoms with Gasteiger partial charge >= 0.3 is 0 Å². The van der Waals surface area contributed by atoms with Crippen LogP contribution in [-0.2, 0) is 0 Å². The summed E-state index contributed by atoms with van der Waals surface area (Å²) >= 11 is 0. The van der Waals surface area contributed by atoms with Gasteiger partial charge in [0.2, 0.25) is 0 Å². The maximum absolute atomic E-state index is 13.3. The third-order valence-corrected chi connectivity index (χ3v) is 1.89. The number of hydrogen-bond acceptors (Lipinski definition) is 3. The molecule has 1 heterocycles. The summed E-state index contributed by atoms with van der Waals surface area (Å²) in [7, 11) is 1.42. The number of halogens is 1. The van der Waals surface area contributed by atoms with Gasteiger partial charge in [-0.3, -0.25) is 0 Å². The minimum atomic E-state index is -0.409. The highest BCUT2D eigenvalue weighted by atomic mass is 19.1. The van der Waals surface area contributed by atoms with E-state index in [4.69, 9.17) is 4.74 Å². The van der Waals surface area contributed by atoms with E-state index < -0.39 is 5.82 Å². The zero-order valence-electron chi connectivity index (χ0n) is 7.53. The minimum Gasteiger partial charge on any atom is -0.494 e. The Balaban J connectivity index is 2.43. The second kappa shape index (κ2) is 3.49. The van der Waals surface area contributed by atoms with Crippen LogP contribution in [0, 0.1) is 5.82 Å². The van der Waals surface area contributed by atoms with E-state index in [1.165, 1.54) is 19.4 Å². The first kappa shape index (κ1) is 8.74. The fraction of sp³-hybridized carbons (Fsp3) is 0.100. The number of nitrogens with zero attached hydrogens (tertiary/aromatic N) is 1. The van der Waals surface area contributed by atoms with Crippen molar-refractivity contribution in [2.75, 3.05) is 7.11 Å². The molecule has 4 heteroatoms. The fourth-order valence-corrected chi connectivity index (χ4v) is 1.19. The molecule has 0 saturated carbocycles. The van der Waals surface area contributed by atoms with Gasteiger partial charge in [-0.25, -0.2) is 4.39 Å². The molecule has 0 N–H and O–H groups in total. The molecular weight excluding hydrogens is 185 g/mol. The highest BCUT2D eigenvalue weighted by Crippen LogP contribution is 2.23. The summed E-state index contributed by atoms with van der Waals surface area (Å²) in [6, 6.07) is 6.30. The Morgan fingerprint density at radius 3 is 2.79 bits per heavy atom. The Hall–Kier alpha value is -1.84. The maximum Gasteiger partial charge on any atom is 0.165 e.